The number of halogens is 4. The fourth-order valence-electron chi connectivity index (χ4n) is 2.76. The van der Waals surface area contributed by atoms with Gasteiger partial charge in [0.1, 0.15) is 11.6 Å². The molecular formula is C18H13F4N5O2. The van der Waals surface area contributed by atoms with E-state index < -0.39 is 12.1 Å². The maximum atomic E-state index is 13.2. The van der Waals surface area contributed by atoms with Crippen LogP contribution in [0.1, 0.15) is 0 Å². The van der Waals surface area contributed by atoms with Crippen molar-refractivity contribution >= 4 is 39.5 Å². The lowest BCUT2D eigenvalue weighted by atomic mass is 10.00. The van der Waals surface area contributed by atoms with Crippen molar-refractivity contribution in [2.24, 2.45) is 0 Å². The number of nitrogens with two attached hydrogens (primary N) is 2. The number of H-pyrrole nitrogens is 1. The van der Waals surface area contributed by atoms with Crippen molar-refractivity contribution in [2.75, 3.05) is 11.5 Å². The molecule has 0 unspecified atom stereocenters. The highest BCUT2D eigenvalue weighted by atomic mass is 19.4. The molecule has 0 aliphatic carbocycles. The molecule has 2 aromatic carbocycles. The molecular weight excluding hydrogens is 394 g/mol. The van der Waals surface area contributed by atoms with Gasteiger partial charge < -0.3 is 21.6 Å². The first-order valence-corrected chi connectivity index (χ1v) is 7.96. The second-order valence-corrected chi connectivity index (χ2v) is 5.87. The summed E-state index contributed by atoms with van der Waals surface area (Å²) in [5, 5.41) is 8.80. The number of alkyl halides is 3. The number of hydrogen-bond acceptors (Lipinski definition) is 5. The van der Waals surface area contributed by atoms with Gasteiger partial charge in [-0.2, -0.15) is 18.2 Å². The number of benzene rings is 2. The zero-order valence-electron chi connectivity index (χ0n) is 14.5. The third-order valence-corrected chi connectivity index (χ3v) is 3.94. The first-order valence-electron chi connectivity index (χ1n) is 7.96. The van der Waals surface area contributed by atoms with Crippen LogP contribution in [0.3, 0.4) is 0 Å². The first kappa shape index (κ1) is 19.9. The number of nitrogens with zero attached hydrogens (tertiary/aromatic N) is 2. The number of nitrogen functional groups attached to an aromatic ring is 2. The van der Waals surface area contributed by atoms with Crippen LogP contribution in [0.5, 0.6) is 0 Å². The zero-order chi connectivity index (χ0) is 21.3. The van der Waals surface area contributed by atoms with Gasteiger partial charge in [-0.25, -0.2) is 9.18 Å². The van der Waals surface area contributed by atoms with Crippen LogP contribution in [0.15, 0.2) is 42.6 Å². The Morgan fingerprint density at radius 1 is 1.10 bits per heavy atom. The van der Waals surface area contributed by atoms with E-state index in [1.165, 1.54) is 12.1 Å². The first-order chi connectivity index (χ1) is 13.6. The number of carboxylic acids is 1. The van der Waals surface area contributed by atoms with Crippen molar-refractivity contribution in [3.63, 3.8) is 0 Å². The third kappa shape index (κ3) is 4.03. The van der Waals surface area contributed by atoms with Crippen LogP contribution in [0, 0.1) is 5.82 Å². The molecule has 4 rings (SSSR count). The lowest BCUT2D eigenvalue weighted by Gasteiger charge is -2.09. The average Bonchev–Trinajstić information content (AvgIpc) is 3.10. The van der Waals surface area contributed by atoms with Crippen molar-refractivity contribution < 1.29 is 27.5 Å². The Balaban J connectivity index is 0.000000298. The summed E-state index contributed by atoms with van der Waals surface area (Å²) in [7, 11) is 0. The van der Waals surface area contributed by atoms with Crippen LogP contribution in [0.4, 0.5) is 29.3 Å². The second kappa shape index (κ2) is 7.26. The van der Waals surface area contributed by atoms with Crippen molar-refractivity contribution in [1.29, 1.82) is 0 Å². The summed E-state index contributed by atoms with van der Waals surface area (Å²) in [5.74, 6) is -2.43. The Morgan fingerprint density at radius 2 is 1.72 bits per heavy atom. The van der Waals surface area contributed by atoms with Crippen LogP contribution < -0.4 is 11.5 Å². The quantitative estimate of drug-likeness (QED) is 0.356. The number of aromatic nitrogens is 3. The van der Waals surface area contributed by atoms with Crippen LogP contribution in [-0.2, 0) is 4.79 Å². The van der Waals surface area contributed by atoms with Gasteiger partial charge in [0.05, 0.1) is 11.0 Å². The molecule has 2 heterocycles. The molecule has 0 saturated carbocycles. The molecule has 0 aliphatic heterocycles. The summed E-state index contributed by atoms with van der Waals surface area (Å²) in [6.07, 6.45) is -3.37. The topological polar surface area (TPSA) is 131 Å². The molecule has 4 aromatic rings. The molecule has 0 atom stereocenters. The normalized spacial score (nSPS) is 11.3. The molecule has 29 heavy (non-hydrogen) atoms. The largest absolute Gasteiger partial charge is 0.490 e. The van der Waals surface area contributed by atoms with Crippen LogP contribution >= 0.6 is 0 Å². The lowest BCUT2D eigenvalue weighted by Crippen LogP contribution is -2.21. The summed E-state index contributed by atoms with van der Waals surface area (Å²) in [6, 6.07) is 10.1. The van der Waals surface area contributed by atoms with Gasteiger partial charge in [-0.05, 0) is 29.8 Å². The van der Waals surface area contributed by atoms with Gasteiger partial charge >= 0.3 is 12.1 Å². The molecule has 0 radical (unpaired) electrons. The number of hydrogen-bond donors (Lipinski definition) is 4. The smallest absolute Gasteiger partial charge is 0.475 e. The van der Waals surface area contributed by atoms with E-state index in [1.807, 2.05) is 12.1 Å². The number of rotatable bonds is 1. The number of carboxylic acid groups (broad SMARTS) is 1. The molecule has 2 aromatic heterocycles. The summed E-state index contributed by atoms with van der Waals surface area (Å²) in [4.78, 5) is 20.4. The monoisotopic (exact) mass is 407 g/mol. The minimum atomic E-state index is -5.08. The van der Waals surface area contributed by atoms with E-state index in [-0.39, 0.29) is 11.8 Å². The minimum Gasteiger partial charge on any atom is -0.475 e. The lowest BCUT2D eigenvalue weighted by molar-refractivity contribution is -0.192. The van der Waals surface area contributed by atoms with Crippen molar-refractivity contribution in [1.82, 2.24) is 15.0 Å². The van der Waals surface area contributed by atoms with E-state index in [2.05, 4.69) is 15.0 Å². The highest BCUT2D eigenvalue weighted by Crippen LogP contribution is 2.35. The SMILES string of the molecule is Nc1nc(N)c2c(cc(-c3ccc(F)cc3)c3nccc32)[nH]1.O=C(O)C(F)(F)F. The highest BCUT2D eigenvalue weighted by Gasteiger charge is 2.38. The van der Waals surface area contributed by atoms with E-state index in [0.717, 1.165) is 32.9 Å². The Morgan fingerprint density at radius 3 is 2.31 bits per heavy atom. The minimum absolute atomic E-state index is 0.244. The molecule has 0 saturated heterocycles. The maximum absolute atomic E-state index is 13.2. The fourth-order valence-corrected chi connectivity index (χ4v) is 2.76. The fraction of sp³-hybridized carbons (Fsp3) is 0.0556. The highest BCUT2D eigenvalue weighted by molar-refractivity contribution is 6.15. The van der Waals surface area contributed by atoms with E-state index in [0.29, 0.717) is 5.82 Å². The van der Waals surface area contributed by atoms with Crippen molar-refractivity contribution in [3.8, 4) is 11.1 Å². The van der Waals surface area contributed by atoms with Gasteiger partial charge in [0.2, 0.25) is 0 Å². The molecule has 11 heteroatoms. The maximum Gasteiger partial charge on any atom is 0.490 e. The predicted molar refractivity (Wildman–Crippen MR) is 99.3 cm³/mol. The van der Waals surface area contributed by atoms with Gasteiger partial charge in [0, 0.05) is 22.5 Å². The Labute approximate surface area is 160 Å². The van der Waals surface area contributed by atoms with E-state index in [1.54, 1.807) is 18.3 Å². The van der Waals surface area contributed by atoms with Gasteiger partial charge in [0.15, 0.2) is 5.95 Å². The number of aliphatic carboxylic acids is 1. The van der Waals surface area contributed by atoms with Crippen LogP contribution in [-0.4, -0.2) is 32.2 Å². The van der Waals surface area contributed by atoms with Gasteiger partial charge in [-0.1, -0.05) is 12.1 Å². The number of fused-ring (bicyclic) bond motifs is 3. The van der Waals surface area contributed by atoms with Crippen molar-refractivity contribution in [2.45, 2.75) is 6.18 Å². The Hall–Kier alpha value is -3.89. The summed E-state index contributed by atoms with van der Waals surface area (Å²) in [6.45, 7) is 0. The predicted octanol–water partition coefficient (Wildman–Crippen LogP) is 3.71. The zero-order valence-corrected chi connectivity index (χ0v) is 14.5. The number of nitrogens with one attached hydrogen (secondary N) is 1. The van der Waals surface area contributed by atoms with Gasteiger partial charge in [0.25, 0.3) is 0 Å². The number of anilines is 2. The van der Waals surface area contributed by atoms with Crippen LogP contribution in [0.25, 0.3) is 32.9 Å². The van der Waals surface area contributed by atoms with Crippen LogP contribution in [0.2, 0.25) is 0 Å². The molecule has 6 N–H and O–H groups in total. The Kier molecular flexibility index (Phi) is 4.97. The van der Waals surface area contributed by atoms with E-state index >= 15 is 0 Å². The second-order valence-electron chi connectivity index (χ2n) is 5.87. The summed E-state index contributed by atoms with van der Waals surface area (Å²) >= 11 is 0. The van der Waals surface area contributed by atoms with E-state index in [4.69, 9.17) is 21.4 Å². The molecule has 0 bridgehead atoms. The molecule has 150 valence electrons. The van der Waals surface area contributed by atoms with Gasteiger partial charge in [-0.3, -0.25) is 4.98 Å². The summed E-state index contributed by atoms with van der Waals surface area (Å²) in [5.41, 5.74) is 15.1. The van der Waals surface area contributed by atoms with Gasteiger partial charge in [-0.15, -0.1) is 0 Å². The Bertz CT molecular complexity index is 1200. The third-order valence-electron chi connectivity index (χ3n) is 3.94. The van der Waals surface area contributed by atoms with E-state index in [9.17, 15) is 17.6 Å². The molecule has 0 amide bonds. The summed E-state index contributed by atoms with van der Waals surface area (Å²) < 4.78 is 44.9. The standard InChI is InChI=1S/C16H12FN5.C2HF3O2/c17-9-3-1-8(2-4-9)11-7-12-13(10-5-6-20-14(10)11)15(18)22-16(19)21-12;3-2(4,5)1(6)7/h1-7H,18H2,(H3,19,21,22);(H,6,7). The number of aromatic amines is 1. The average molecular weight is 407 g/mol. The molecule has 0 fully saturated rings. The number of carbonyl (C=O) groups is 1. The van der Waals surface area contributed by atoms with Crippen molar-refractivity contribution in [3.05, 3.63) is 48.4 Å². The molecule has 0 spiro atoms. The molecule has 0 aliphatic rings. The molecule has 7 nitrogen and oxygen atoms in total.